The highest BCUT2D eigenvalue weighted by atomic mass is 16.5. The van der Waals surface area contributed by atoms with Crippen molar-refractivity contribution < 1.29 is 9.53 Å². The predicted molar refractivity (Wildman–Crippen MR) is 124 cm³/mol. The average Bonchev–Trinajstić information content (AvgIpc) is 3.44. The topological polar surface area (TPSA) is 41.6 Å². The molecule has 164 valence electrons. The number of benzene rings is 2. The Morgan fingerprint density at radius 3 is 2.71 bits per heavy atom. The fourth-order valence-electron chi connectivity index (χ4n) is 5.44. The molecule has 1 amide bonds. The maximum atomic E-state index is 12.1. The van der Waals surface area contributed by atoms with Crippen LogP contribution < -0.4 is 5.32 Å². The van der Waals surface area contributed by atoms with Crippen LogP contribution in [0.3, 0.4) is 0 Å². The summed E-state index contributed by atoms with van der Waals surface area (Å²) in [4.78, 5) is 14.7. The Morgan fingerprint density at radius 1 is 1.03 bits per heavy atom. The summed E-state index contributed by atoms with van der Waals surface area (Å²) in [6.07, 6.45) is 7.58. The number of nitrogens with one attached hydrogen (secondary N) is 1. The molecule has 2 aliphatic heterocycles. The molecular formula is C27H34N2O2. The highest BCUT2D eigenvalue weighted by molar-refractivity contribution is 5.77. The number of ether oxygens (including phenoxy) is 1. The van der Waals surface area contributed by atoms with Crippen LogP contribution in [0, 0.1) is 5.92 Å². The number of hydrogen-bond donors (Lipinski definition) is 1. The minimum absolute atomic E-state index is 0.192. The smallest absolute Gasteiger partial charge is 0.220 e. The first-order chi connectivity index (χ1) is 15.2. The third-order valence-electron chi connectivity index (χ3n) is 7.30. The van der Waals surface area contributed by atoms with Crippen molar-refractivity contribution in [3.8, 4) is 11.1 Å². The van der Waals surface area contributed by atoms with Crippen molar-refractivity contribution in [1.82, 2.24) is 10.2 Å². The number of nitrogens with zero attached hydrogens (tertiary/aromatic N) is 1. The Kier molecular flexibility index (Phi) is 6.37. The van der Waals surface area contributed by atoms with E-state index in [1.165, 1.54) is 40.7 Å². The van der Waals surface area contributed by atoms with Gasteiger partial charge in [-0.2, -0.15) is 0 Å². The van der Waals surface area contributed by atoms with Gasteiger partial charge in [-0.1, -0.05) is 42.5 Å². The van der Waals surface area contributed by atoms with Gasteiger partial charge >= 0.3 is 0 Å². The lowest BCUT2D eigenvalue weighted by Crippen LogP contribution is -2.34. The summed E-state index contributed by atoms with van der Waals surface area (Å²) in [5.74, 6) is 0.872. The van der Waals surface area contributed by atoms with Crippen LogP contribution in [0.2, 0.25) is 0 Å². The lowest BCUT2D eigenvalue weighted by molar-refractivity contribution is -0.122. The molecule has 0 bridgehead atoms. The minimum Gasteiger partial charge on any atom is -0.376 e. The van der Waals surface area contributed by atoms with Crippen molar-refractivity contribution in [3.63, 3.8) is 0 Å². The number of carbonyl (C=O) groups is 1. The molecular weight excluding hydrogens is 384 g/mol. The van der Waals surface area contributed by atoms with Crippen molar-refractivity contribution in [2.75, 3.05) is 26.2 Å². The molecule has 0 spiro atoms. The van der Waals surface area contributed by atoms with Crippen LogP contribution in [-0.2, 0) is 22.5 Å². The zero-order valence-electron chi connectivity index (χ0n) is 18.4. The number of fused-ring (bicyclic) bond motifs is 3. The fraction of sp³-hybridized carbons (Fsp3) is 0.519. The van der Waals surface area contributed by atoms with E-state index in [-0.39, 0.29) is 12.0 Å². The van der Waals surface area contributed by atoms with Gasteiger partial charge in [-0.05, 0) is 85.3 Å². The molecule has 1 aliphatic carbocycles. The molecule has 2 saturated heterocycles. The van der Waals surface area contributed by atoms with Crippen LogP contribution >= 0.6 is 0 Å². The molecule has 0 aromatic heterocycles. The van der Waals surface area contributed by atoms with Gasteiger partial charge in [-0.15, -0.1) is 0 Å². The largest absolute Gasteiger partial charge is 0.376 e. The van der Waals surface area contributed by atoms with E-state index in [4.69, 9.17) is 4.74 Å². The molecule has 5 rings (SSSR count). The van der Waals surface area contributed by atoms with Crippen molar-refractivity contribution in [2.45, 2.75) is 57.6 Å². The van der Waals surface area contributed by atoms with Gasteiger partial charge in [0, 0.05) is 26.1 Å². The summed E-state index contributed by atoms with van der Waals surface area (Å²) in [6, 6.07) is 15.8. The summed E-state index contributed by atoms with van der Waals surface area (Å²) in [5, 5.41) is 3.06. The molecule has 1 atom stereocenters. The summed E-state index contributed by atoms with van der Waals surface area (Å²) in [7, 11) is 0. The number of rotatable bonds is 7. The molecule has 0 unspecified atom stereocenters. The zero-order chi connectivity index (χ0) is 21.0. The van der Waals surface area contributed by atoms with Gasteiger partial charge in [-0.3, -0.25) is 9.69 Å². The maximum Gasteiger partial charge on any atom is 0.220 e. The van der Waals surface area contributed by atoms with Gasteiger partial charge in [-0.25, -0.2) is 0 Å². The summed E-state index contributed by atoms with van der Waals surface area (Å²) in [6.45, 7) is 4.85. The van der Waals surface area contributed by atoms with Crippen LogP contribution in [0.25, 0.3) is 11.1 Å². The molecule has 2 fully saturated rings. The standard InChI is InChI=1S/C27H34N2O2/c30-27(28-18-24-5-3-15-31-24)10-8-20-11-13-29(14-12-20)19-21-7-9-26-23(16-21)17-22-4-1-2-6-25(22)26/h1-2,4,6-7,9,16,20,24H,3,5,8,10-15,17-19H2,(H,28,30)/t24-/m0/s1. The lowest BCUT2D eigenvalue weighted by Gasteiger charge is -2.32. The van der Waals surface area contributed by atoms with E-state index < -0.39 is 0 Å². The number of hydrogen-bond acceptors (Lipinski definition) is 3. The van der Waals surface area contributed by atoms with Crippen molar-refractivity contribution in [2.24, 2.45) is 5.92 Å². The van der Waals surface area contributed by atoms with E-state index in [1.54, 1.807) is 0 Å². The molecule has 2 aromatic carbocycles. The highest BCUT2D eigenvalue weighted by Gasteiger charge is 2.22. The second-order valence-corrected chi connectivity index (χ2v) is 9.52. The Labute approximate surface area is 186 Å². The van der Waals surface area contributed by atoms with Crippen LogP contribution in [0.4, 0.5) is 0 Å². The monoisotopic (exact) mass is 418 g/mol. The molecule has 1 N–H and O–H groups in total. The molecule has 0 radical (unpaired) electrons. The second kappa shape index (κ2) is 9.54. The summed E-state index contributed by atoms with van der Waals surface area (Å²) >= 11 is 0. The number of carbonyl (C=O) groups excluding carboxylic acids is 1. The van der Waals surface area contributed by atoms with Crippen molar-refractivity contribution in [3.05, 3.63) is 59.2 Å². The summed E-state index contributed by atoms with van der Waals surface area (Å²) < 4.78 is 5.58. The van der Waals surface area contributed by atoms with E-state index in [9.17, 15) is 4.79 Å². The van der Waals surface area contributed by atoms with E-state index in [2.05, 4.69) is 52.7 Å². The van der Waals surface area contributed by atoms with Gasteiger partial charge < -0.3 is 10.1 Å². The molecule has 4 heteroatoms. The van der Waals surface area contributed by atoms with Crippen LogP contribution in [-0.4, -0.2) is 43.2 Å². The normalized spacial score (nSPS) is 21.1. The SMILES string of the molecule is O=C(CCC1CCN(Cc2ccc3c(c2)Cc2ccccc2-3)CC1)NC[C@@H]1CCCO1. The second-order valence-electron chi connectivity index (χ2n) is 9.52. The quantitative estimate of drug-likeness (QED) is 0.612. The van der Waals surface area contributed by atoms with E-state index in [0.717, 1.165) is 51.9 Å². The van der Waals surface area contributed by atoms with Gasteiger partial charge in [0.15, 0.2) is 0 Å². The molecule has 2 aromatic rings. The average molecular weight is 419 g/mol. The zero-order valence-corrected chi connectivity index (χ0v) is 18.4. The maximum absolute atomic E-state index is 12.1. The Bertz CT molecular complexity index is 911. The van der Waals surface area contributed by atoms with E-state index >= 15 is 0 Å². The Hall–Kier alpha value is -2.17. The number of amides is 1. The fourth-order valence-corrected chi connectivity index (χ4v) is 5.44. The van der Waals surface area contributed by atoms with Crippen molar-refractivity contribution in [1.29, 1.82) is 0 Å². The molecule has 3 aliphatic rings. The molecule has 2 heterocycles. The van der Waals surface area contributed by atoms with E-state index in [0.29, 0.717) is 18.9 Å². The summed E-state index contributed by atoms with van der Waals surface area (Å²) in [5.41, 5.74) is 7.18. The van der Waals surface area contributed by atoms with Crippen molar-refractivity contribution >= 4 is 5.91 Å². The first-order valence-corrected chi connectivity index (χ1v) is 12.1. The van der Waals surface area contributed by atoms with Gasteiger partial charge in [0.1, 0.15) is 0 Å². The van der Waals surface area contributed by atoms with Gasteiger partial charge in [0.25, 0.3) is 0 Å². The third kappa shape index (κ3) is 5.02. The van der Waals surface area contributed by atoms with E-state index in [1.807, 2.05) is 0 Å². The highest BCUT2D eigenvalue weighted by Crippen LogP contribution is 2.37. The number of piperidine rings is 1. The van der Waals surface area contributed by atoms with Crippen LogP contribution in [0.15, 0.2) is 42.5 Å². The predicted octanol–water partition coefficient (Wildman–Crippen LogP) is 4.55. The Balaban J connectivity index is 1.05. The molecule has 31 heavy (non-hydrogen) atoms. The Morgan fingerprint density at radius 2 is 1.87 bits per heavy atom. The van der Waals surface area contributed by atoms with Crippen LogP contribution in [0.1, 0.15) is 55.2 Å². The van der Waals surface area contributed by atoms with Gasteiger partial charge in [0.2, 0.25) is 5.91 Å². The molecule has 4 nitrogen and oxygen atoms in total. The molecule has 0 saturated carbocycles. The third-order valence-corrected chi connectivity index (χ3v) is 7.30. The van der Waals surface area contributed by atoms with Crippen LogP contribution in [0.5, 0.6) is 0 Å². The minimum atomic E-state index is 0.192. The number of likely N-dealkylation sites (tertiary alicyclic amines) is 1. The van der Waals surface area contributed by atoms with Gasteiger partial charge in [0.05, 0.1) is 6.10 Å². The first kappa shape index (κ1) is 20.7. The first-order valence-electron chi connectivity index (χ1n) is 12.1. The lowest BCUT2D eigenvalue weighted by atomic mass is 9.91.